The minimum atomic E-state index is -0.177. The van der Waals surface area contributed by atoms with Crippen LogP contribution in [0.15, 0.2) is 46.4 Å². The molecule has 3 heterocycles. The summed E-state index contributed by atoms with van der Waals surface area (Å²) < 4.78 is 5.18. The molecule has 0 spiro atoms. The van der Waals surface area contributed by atoms with Crippen LogP contribution < -0.4 is 5.32 Å². The fraction of sp³-hybridized carbons (Fsp3) is 0.0625. The molecule has 4 rings (SSSR count). The number of aromatic amines is 1. The standard InChI is InChI=1S/C16H12N4O2S/c1-9-18-16(22-20-9)14-13(5-7-23-14)19-15(21)11-2-3-12-10(8-11)4-6-17-12/h2-8,17H,1H3,(H,19,21). The van der Waals surface area contributed by atoms with Crippen LogP contribution in [0.4, 0.5) is 5.69 Å². The van der Waals surface area contributed by atoms with Gasteiger partial charge in [0.2, 0.25) is 0 Å². The number of anilines is 1. The molecule has 0 fully saturated rings. The van der Waals surface area contributed by atoms with Gasteiger partial charge in [0.1, 0.15) is 4.88 Å². The van der Waals surface area contributed by atoms with Crippen LogP contribution in [0.25, 0.3) is 21.7 Å². The van der Waals surface area contributed by atoms with E-state index in [1.807, 2.05) is 35.8 Å². The van der Waals surface area contributed by atoms with Gasteiger partial charge in [-0.05, 0) is 42.6 Å². The van der Waals surface area contributed by atoms with E-state index in [2.05, 4.69) is 20.4 Å². The van der Waals surface area contributed by atoms with E-state index < -0.39 is 0 Å². The number of amides is 1. The highest BCUT2D eigenvalue weighted by Gasteiger charge is 2.16. The number of nitrogens with one attached hydrogen (secondary N) is 2. The molecule has 0 atom stereocenters. The number of aryl methyl sites for hydroxylation is 1. The third-order valence-corrected chi connectivity index (χ3v) is 4.35. The van der Waals surface area contributed by atoms with E-state index in [1.54, 1.807) is 13.0 Å². The van der Waals surface area contributed by atoms with Crippen molar-refractivity contribution in [3.05, 3.63) is 53.3 Å². The van der Waals surface area contributed by atoms with Crippen molar-refractivity contribution in [1.29, 1.82) is 0 Å². The van der Waals surface area contributed by atoms with E-state index in [0.29, 0.717) is 23.0 Å². The van der Waals surface area contributed by atoms with E-state index in [9.17, 15) is 4.79 Å². The third kappa shape index (κ3) is 2.51. The van der Waals surface area contributed by atoms with Crippen molar-refractivity contribution in [2.24, 2.45) is 0 Å². The number of fused-ring (bicyclic) bond motifs is 1. The van der Waals surface area contributed by atoms with Crippen molar-refractivity contribution in [1.82, 2.24) is 15.1 Å². The molecule has 0 saturated heterocycles. The van der Waals surface area contributed by atoms with Gasteiger partial charge in [-0.2, -0.15) is 4.98 Å². The minimum absolute atomic E-state index is 0.177. The zero-order valence-electron chi connectivity index (χ0n) is 12.2. The lowest BCUT2D eigenvalue weighted by Gasteiger charge is -2.05. The lowest BCUT2D eigenvalue weighted by molar-refractivity contribution is 0.102. The molecule has 7 heteroatoms. The SMILES string of the molecule is Cc1noc(-c2sccc2NC(=O)c2ccc3[nH]ccc3c2)n1. The van der Waals surface area contributed by atoms with Crippen LogP contribution in [-0.2, 0) is 0 Å². The quantitative estimate of drug-likeness (QED) is 0.599. The molecule has 0 bridgehead atoms. The molecule has 3 aromatic heterocycles. The molecule has 0 aliphatic heterocycles. The summed E-state index contributed by atoms with van der Waals surface area (Å²) in [5.41, 5.74) is 2.26. The number of H-pyrrole nitrogens is 1. The second-order valence-electron chi connectivity index (χ2n) is 5.04. The molecule has 2 N–H and O–H groups in total. The van der Waals surface area contributed by atoms with Crippen molar-refractivity contribution >= 4 is 33.8 Å². The van der Waals surface area contributed by atoms with Gasteiger partial charge in [0.15, 0.2) is 5.82 Å². The molecule has 6 nitrogen and oxygen atoms in total. The molecule has 114 valence electrons. The molecular formula is C16H12N4O2S. The molecule has 0 radical (unpaired) electrons. The first-order chi connectivity index (χ1) is 11.2. The van der Waals surface area contributed by atoms with Crippen LogP contribution >= 0.6 is 11.3 Å². The van der Waals surface area contributed by atoms with Crippen molar-refractivity contribution in [3.63, 3.8) is 0 Å². The van der Waals surface area contributed by atoms with Gasteiger partial charge < -0.3 is 14.8 Å². The topological polar surface area (TPSA) is 83.8 Å². The van der Waals surface area contributed by atoms with Crippen molar-refractivity contribution in [2.45, 2.75) is 6.92 Å². The number of aromatic nitrogens is 3. The first kappa shape index (κ1) is 13.7. The lowest BCUT2D eigenvalue weighted by atomic mass is 10.1. The number of carbonyl (C=O) groups excluding carboxylic acids is 1. The Kier molecular flexibility index (Phi) is 3.20. The summed E-state index contributed by atoms with van der Waals surface area (Å²) >= 11 is 1.44. The van der Waals surface area contributed by atoms with E-state index in [0.717, 1.165) is 15.8 Å². The van der Waals surface area contributed by atoms with Crippen LogP contribution in [0, 0.1) is 6.92 Å². The molecule has 23 heavy (non-hydrogen) atoms. The predicted octanol–water partition coefficient (Wildman–Crippen LogP) is 3.84. The van der Waals surface area contributed by atoms with Crippen LogP contribution in [0.2, 0.25) is 0 Å². The Morgan fingerprint density at radius 2 is 2.22 bits per heavy atom. The number of hydrogen-bond donors (Lipinski definition) is 2. The highest BCUT2D eigenvalue weighted by molar-refractivity contribution is 7.14. The number of carbonyl (C=O) groups is 1. The van der Waals surface area contributed by atoms with Gasteiger partial charge in [-0.25, -0.2) is 0 Å². The third-order valence-electron chi connectivity index (χ3n) is 3.45. The summed E-state index contributed by atoms with van der Waals surface area (Å²) in [6.45, 7) is 1.75. The number of benzene rings is 1. The molecular weight excluding hydrogens is 312 g/mol. The maximum Gasteiger partial charge on any atom is 0.270 e. The smallest absolute Gasteiger partial charge is 0.270 e. The van der Waals surface area contributed by atoms with E-state index >= 15 is 0 Å². The van der Waals surface area contributed by atoms with Gasteiger partial charge in [-0.1, -0.05) is 5.16 Å². The fourth-order valence-corrected chi connectivity index (χ4v) is 3.12. The summed E-state index contributed by atoms with van der Waals surface area (Å²) in [5.74, 6) is 0.793. The van der Waals surface area contributed by atoms with Gasteiger partial charge in [-0.15, -0.1) is 11.3 Å². The van der Waals surface area contributed by atoms with Gasteiger partial charge in [0.25, 0.3) is 11.8 Å². The largest absolute Gasteiger partial charge is 0.361 e. The number of rotatable bonds is 3. The average molecular weight is 324 g/mol. The van der Waals surface area contributed by atoms with E-state index in [1.165, 1.54) is 11.3 Å². The number of nitrogens with zero attached hydrogens (tertiary/aromatic N) is 2. The minimum Gasteiger partial charge on any atom is -0.361 e. The summed E-state index contributed by atoms with van der Waals surface area (Å²) in [5, 5.41) is 9.56. The van der Waals surface area contributed by atoms with Gasteiger partial charge in [0, 0.05) is 22.7 Å². The second-order valence-corrected chi connectivity index (χ2v) is 5.96. The molecule has 4 aromatic rings. The highest BCUT2D eigenvalue weighted by atomic mass is 32.1. The normalized spacial score (nSPS) is 11.0. The Hall–Kier alpha value is -2.93. The maximum absolute atomic E-state index is 12.5. The first-order valence-corrected chi connectivity index (χ1v) is 7.85. The van der Waals surface area contributed by atoms with E-state index in [4.69, 9.17) is 4.52 Å². The Bertz CT molecular complexity index is 998. The maximum atomic E-state index is 12.5. The zero-order chi connectivity index (χ0) is 15.8. The number of thiophene rings is 1. The van der Waals surface area contributed by atoms with Crippen molar-refractivity contribution < 1.29 is 9.32 Å². The molecule has 0 saturated carbocycles. The molecule has 1 aromatic carbocycles. The lowest BCUT2D eigenvalue weighted by Crippen LogP contribution is -2.11. The summed E-state index contributed by atoms with van der Waals surface area (Å²) in [6, 6.07) is 9.29. The predicted molar refractivity (Wildman–Crippen MR) is 88.6 cm³/mol. The Morgan fingerprint density at radius 3 is 3.04 bits per heavy atom. The fourth-order valence-electron chi connectivity index (χ4n) is 2.35. The van der Waals surface area contributed by atoms with Crippen molar-refractivity contribution in [2.75, 3.05) is 5.32 Å². The first-order valence-electron chi connectivity index (χ1n) is 6.97. The van der Waals surface area contributed by atoms with Gasteiger partial charge >= 0.3 is 0 Å². The summed E-state index contributed by atoms with van der Waals surface area (Å²) in [6.07, 6.45) is 1.85. The van der Waals surface area contributed by atoms with E-state index in [-0.39, 0.29) is 5.91 Å². The summed E-state index contributed by atoms with van der Waals surface area (Å²) in [7, 11) is 0. The van der Waals surface area contributed by atoms with Crippen LogP contribution in [0.5, 0.6) is 0 Å². The molecule has 1 amide bonds. The second kappa shape index (κ2) is 5.36. The van der Waals surface area contributed by atoms with Gasteiger partial charge in [0.05, 0.1) is 5.69 Å². The Labute approximate surface area is 135 Å². The molecule has 0 unspecified atom stereocenters. The highest BCUT2D eigenvalue weighted by Crippen LogP contribution is 2.32. The van der Waals surface area contributed by atoms with Crippen LogP contribution in [-0.4, -0.2) is 21.0 Å². The molecule has 0 aliphatic rings. The summed E-state index contributed by atoms with van der Waals surface area (Å²) in [4.78, 5) is 20.5. The van der Waals surface area contributed by atoms with Crippen LogP contribution in [0.1, 0.15) is 16.2 Å². The van der Waals surface area contributed by atoms with Crippen LogP contribution in [0.3, 0.4) is 0 Å². The van der Waals surface area contributed by atoms with Gasteiger partial charge in [-0.3, -0.25) is 4.79 Å². The monoisotopic (exact) mass is 324 g/mol. The Morgan fingerprint density at radius 1 is 1.30 bits per heavy atom. The zero-order valence-corrected chi connectivity index (χ0v) is 13.0. The molecule has 0 aliphatic carbocycles. The average Bonchev–Trinajstić information content (AvgIpc) is 3.26. The number of hydrogen-bond acceptors (Lipinski definition) is 5. The Balaban J connectivity index is 1.63. The van der Waals surface area contributed by atoms with Crippen molar-refractivity contribution in [3.8, 4) is 10.8 Å².